The van der Waals surface area contributed by atoms with Crippen molar-refractivity contribution >= 4 is 21.6 Å². The Labute approximate surface area is 113 Å². The zero-order valence-corrected chi connectivity index (χ0v) is 11.8. The second kappa shape index (κ2) is 6.65. The fourth-order valence-corrected chi connectivity index (χ4v) is 2.24. The Morgan fingerprint density at radius 3 is 2.37 bits per heavy atom. The Morgan fingerprint density at radius 1 is 1.32 bits per heavy atom. The third-order valence-corrected chi connectivity index (χ3v) is 4.07. The monoisotopic (exact) mass is 285 g/mol. The number of carbonyl (C=O) groups excluding carboxylic acids is 1. The van der Waals surface area contributed by atoms with Gasteiger partial charge in [-0.1, -0.05) is 13.3 Å². The summed E-state index contributed by atoms with van der Waals surface area (Å²) in [5, 5.41) is 2.64. The van der Waals surface area contributed by atoms with E-state index >= 15 is 0 Å². The molecule has 106 valence electrons. The minimum atomic E-state index is -3.46. The SMILES string of the molecule is CCC[C@@H](N)C(=O)Nc1ccc(S(=O)(=O)NC)cc1. The van der Waals surface area contributed by atoms with Gasteiger partial charge in [-0.05, 0) is 37.7 Å². The van der Waals surface area contributed by atoms with Gasteiger partial charge in [0, 0.05) is 5.69 Å². The molecule has 0 saturated carbocycles. The van der Waals surface area contributed by atoms with Crippen LogP contribution in [-0.4, -0.2) is 27.4 Å². The largest absolute Gasteiger partial charge is 0.325 e. The molecule has 0 aliphatic heterocycles. The van der Waals surface area contributed by atoms with Gasteiger partial charge < -0.3 is 11.1 Å². The average Bonchev–Trinajstić information content (AvgIpc) is 2.39. The van der Waals surface area contributed by atoms with E-state index in [4.69, 9.17) is 5.73 Å². The predicted octanol–water partition coefficient (Wildman–Crippen LogP) is 0.661. The van der Waals surface area contributed by atoms with E-state index in [-0.39, 0.29) is 10.8 Å². The highest BCUT2D eigenvalue weighted by atomic mass is 32.2. The minimum absolute atomic E-state index is 0.144. The van der Waals surface area contributed by atoms with Crippen LogP contribution in [0.2, 0.25) is 0 Å². The maximum Gasteiger partial charge on any atom is 0.241 e. The van der Waals surface area contributed by atoms with Crippen LogP contribution >= 0.6 is 0 Å². The van der Waals surface area contributed by atoms with E-state index in [0.29, 0.717) is 12.1 Å². The summed E-state index contributed by atoms with van der Waals surface area (Å²) >= 11 is 0. The second-order valence-electron chi connectivity index (χ2n) is 4.12. The van der Waals surface area contributed by atoms with Crippen LogP contribution in [-0.2, 0) is 14.8 Å². The van der Waals surface area contributed by atoms with Crippen molar-refractivity contribution in [1.82, 2.24) is 4.72 Å². The highest BCUT2D eigenvalue weighted by Gasteiger charge is 2.14. The molecule has 19 heavy (non-hydrogen) atoms. The number of nitrogens with one attached hydrogen (secondary N) is 2. The first-order valence-corrected chi connectivity index (χ1v) is 7.49. The number of sulfonamides is 1. The summed E-state index contributed by atoms with van der Waals surface area (Å²) in [7, 11) is -2.11. The number of amides is 1. The number of hydrogen-bond donors (Lipinski definition) is 3. The summed E-state index contributed by atoms with van der Waals surface area (Å²) in [6.45, 7) is 1.95. The maximum atomic E-state index is 11.7. The minimum Gasteiger partial charge on any atom is -0.325 e. The van der Waals surface area contributed by atoms with Crippen molar-refractivity contribution in [2.24, 2.45) is 5.73 Å². The molecule has 6 nitrogen and oxygen atoms in total. The zero-order valence-electron chi connectivity index (χ0n) is 11.0. The molecule has 0 aromatic heterocycles. The molecule has 0 bridgehead atoms. The molecule has 1 rings (SSSR count). The third-order valence-electron chi connectivity index (χ3n) is 2.64. The topological polar surface area (TPSA) is 101 Å². The quantitative estimate of drug-likeness (QED) is 0.714. The lowest BCUT2D eigenvalue weighted by Gasteiger charge is -2.11. The van der Waals surface area contributed by atoms with Gasteiger partial charge in [0.05, 0.1) is 10.9 Å². The first kappa shape index (κ1) is 15.6. The van der Waals surface area contributed by atoms with Crippen molar-refractivity contribution < 1.29 is 13.2 Å². The Balaban J connectivity index is 2.75. The number of carbonyl (C=O) groups is 1. The smallest absolute Gasteiger partial charge is 0.241 e. The van der Waals surface area contributed by atoms with Crippen molar-refractivity contribution in [2.75, 3.05) is 12.4 Å². The highest BCUT2D eigenvalue weighted by molar-refractivity contribution is 7.89. The van der Waals surface area contributed by atoms with Crippen LogP contribution in [0.4, 0.5) is 5.69 Å². The van der Waals surface area contributed by atoms with Gasteiger partial charge in [-0.2, -0.15) is 0 Å². The molecule has 1 aromatic carbocycles. The van der Waals surface area contributed by atoms with Crippen molar-refractivity contribution in [2.45, 2.75) is 30.7 Å². The number of benzene rings is 1. The lowest BCUT2D eigenvalue weighted by atomic mass is 10.1. The Hall–Kier alpha value is -1.44. The summed E-state index contributed by atoms with van der Waals surface area (Å²) in [5.74, 6) is -0.272. The lowest BCUT2D eigenvalue weighted by molar-refractivity contribution is -0.117. The first-order valence-electron chi connectivity index (χ1n) is 6.00. The molecule has 7 heteroatoms. The van der Waals surface area contributed by atoms with Gasteiger partial charge in [-0.3, -0.25) is 4.79 Å². The molecular weight excluding hydrogens is 266 g/mol. The first-order chi connectivity index (χ1) is 8.90. The normalized spacial score (nSPS) is 13.0. The summed E-state index contributed by atoms with van der Waals surface area (Å²) in [6, 6.07) is 5.35. The fourth-order valence-electron chi connectivity index (χ4n) is 1.51. The molecule has 0 aliphatic rings. The van der Waals surface area contributed by atoms with Gasteiger partial charge in [-0.15, -0.1) is 0 Å². The highest BCUT2D eigenvalue weighted by Crippen LogP contribution is 2.14. The van der Waals surface area contributed by atoms with Crippen LogP contribution in [0.5, 0.6) is 0 Å². The van der Waals surface area contributed by atoms with Crippen LogP contribution < -0.4 is 15.8 Å². The molecule has 0 fully saturated rings. The van der Waals surface area contributed by atoms with E-state index in [1.807, 2.05) is 6.92 Å². The maximum absolute atomic E-state index is 11.7. The number of nitrogens with two attached hydrogens (primary N) is 1. The summed E-state index contributed by atoms with van der Waals surface area (Å²) < 4.78 is 25.2. The lowest BCUT2D eigenvalue weighted by Crippen LogP contribution is -2.35. The van der Waals surface area contributed by atoms with Crippen LogP contribution in [0, 0.1) is 0 Å². The average molecular weight is 285 g/mol. The zero-order chi connectivity index (χ0) is 14.5. The molecular formula is C12H19N3O3S. The number of rotatable bonds is 6. The van der Waals surface area contributed by atoms with Crippen LogP contribution in [0.15, 0.2) is 29.2 Å². The third kappa shape index (κ3) is 4.30. The van der Waals surface area contributed by atoms with Gasteiger partial charge in [-0.25, -0.2) is 13.1 Å². The Morgan fingerprint density at radius 2 is 1.89 bits per heavy atom. The van der Waals surface area contributed by atoms with Gasteiger partial charge >= 0.3 is 0 Å². The van der Waals surface area contributed by atoms with Crippen molar-refractivity contribution in [1.29, 1.82) is 0 Å². The predicted molar refractivity (Wildman–Crippen MR) is 74.2 cm³/mol. The van der Waals surface area contributed by atoms with E-state index in [1.165, 1.54) is 31.3 Å². The molecule has 0 unspecified atom stereocenters. The van der Waals surface area contributed by atoms with Crippen LogP contribution in [0.3, 0.4) is 0 Å². The molecule has 1 atom stereocenters. The van der Waals surface area contributed by atoms with E-state index in [2.05, 4.69) is 10.0 Å². The fraction of sp³-hybridized carbons (Fsp3) is 0.417. The summed E-state index contributed by atoms with van der Waals surface area (Å²) in [5.41, 5.74) is 6.20. The molecule has 0 aliphatic carbocycles. The number of hydrogen-bond acceptors (Lipinski definition) is 4. The van der Waals surface area contributed by atoms with E-state index in [0.717, 1.165) is 6.42 Å². The van der Waals surface area contributed by atoms with E-state index < -0.39 is 16.1 Å². The molecule has 0 heterocycles. The van der Waals surface area contributed by atoms with E-state index in [1.54, 1.807) is 0 Å². The Kier molecular flexibility index (Phi) is 5.46. The van der Waals surface area contributed by atoms with Crippen LogP contribution in [0.1, 0.15) is 19.8 Å². The van der Waals surface area contributed by atoms with Crippen molar-refractivity contribution in [3.8, 4) is 0 Å². The van der Waals surface area contributed by atoms with Gasteiger partial charge in [0.25, 0.3) is 0 Å². The summed E-state index contributed by atoms with van der Waals surface area (Å²) in [4.78, 5) is 11.8. The molecule has 4 N–H and O–H groups in total. The standard InChI is InChI=1S/C12H19N3O3S/c1-3-4-11(13)12(16)15-9-5-7-10(8-6-9)19(17,18)14-2/h5-8,11,14H,3-4,13H2,1-2H3,(H,15,16)/t11-/m1/s1. The van der Waals surface area contributed by atoms with Crippen LogP contribution in [0.25, 0.3) is 0 Å². The van der Waals surface area contributed by atoms with Crippen molar-refractivity contribution in [3.63, 3.8) is 0 Å². The van der Waals surface area contributed by atoms with E-state index in [9.17, 15) is 13.2 Å². The molecule has 0 spiro atoms. The Bertz CT molecular complexity index is 526. The molecule has 0 saturated heterocycles. The molecule has 1 amide bonds. The van der Waals surface area contributed by atoms with Gasteiger partial charge in [0.2, 0.25) is 15.9 Å². The van der Waals surface area contributed by atoms with Gasteiger partial charge in [0.1, 0.15) is 0 Å². The summed E-state index contributed by atoms with van der Waals surface area (Å²) in [6.07, 6.45) is 1.44. The molecule has 1 aromatic rings. The van der Waals surface area contributed by atoms with Gasteiger partial charge in [0.15, 0.2) is 0 Å². The molecule has 0 radical (unpaired) electrons. The van der Waals surface area contributed by atoms with Crippen molar-refractivity contribution in [3.05, 3.63) is 24.3 Å². The second-order valence-corrected chi connectivity index (χ2v) is 6.00. The number of anilines is 1.